The van der Waals surface area contributed by atoms with Gasteiger partial charge in [0.15, 0.2) is 11.6 Å². The minimum atomic E-state index is -0.676. The Bertz CT molecular complexity index is 1320. The van der Waals surface area contributed by atoms with E-state index < -0.39 is 11.6 Å². The number of halogens is 1. The molecule has 7 heteroatoms. The number of likely N-dealkylation sites (tertiary alicyclic amines) is 1. The number of pyridine rings is 1. The summed E-state index contributed by atoms with van der Waals surface area (Å²) >= 11 is 0. The number of amides is 1. The molecule has 6 nitrogen and oxygen atoms in total. The molecule has 35 heavy (non-hydrogen) atoms. The molecule has 3 fully saturated rings. The maximum absolute atomic E-state index is 13.9. The van der Waals surface area contributed by atoms with Crippen LogP contribution in [0.3, 0.4) is 0 Å². The summed E-state index contributed by atoms with van der Waals surface area (Å²) in [6.07, 6.45) is 4.21. The van der Waals surface area contributed by atoms with Crippen molar-refractivity contribution in [2.24, 2.45) is 16.7 Å². The Hall–Kier alpha value is -3.40. The van der Waals surface area contributed by atoms with Crippen LogP contribution in [0.5, 0.6) is 5.75 Å². The highest BCUT2D eigenvalue weighted by atomic mass is 19.1. The van der Waals surface area contributed by atoms with Crippen LogP contribution in [0.2, 0.25) is 0 Å². The van der Waals surface area contributed by atoms with Gasteiger partial charge in [-0.15, -0.1) is 0 Å². The van der Waals surface area contributed by atoms with Crippen molar-refractivity contribution in [2.45, 2.75) is 39.0 Å². The molecule has 5 aliphatic rings. The molecule has 1 spiro atoms. The lowest BCUT2D eigenvalue weighted by Gasteiger charge is -2.57. The number of phenols is 1. The van der Waals surface area contributed by atoms with E-state index >= 15 is 0 Å². The molecule has 1 amide bonds. The molecule has 180 valence electrons. The van der Waals surface area contributed by atoms with Crippen LogP contribution in [0.1, 0.15) is 49.4 Å². The van der Waals surface area contributed by atoms with Crippen molar-refractivity contribution in [3.63, 3.8) is 0 Å². The molecule has 3 heterocycles. The third-order valence-corrected chi connectivity index (χ3v) is 9.19. The van der Waals surface area contributed by atoms with Gasteiger partial charge in [0.1, 0.15) is 17.5 Å². The second kappa shape index (κ2) is 7.30. The van der Waals surface area contributed by atoms with Crippen molar-refractivity contribution < 1.29 is 14.3 Å². The van der Waals surface area contributed by atoms with E-state index in [1.807, 2.05) is 4.90 Å². The summed E-state index contributed by atoms with van der Waals surface area (Å²) in [5, 5.41) is 20.5. The van der Waals surface area contributed by atoms with Crippen LogP contribution < -0.4 is 4.90 Å². The van der Waals surface area contributed by atoms with Crippen molar-refractivity contribution in [3.05, 3.63) is 53.5 Å². The maximum atomic E-state index is 13.9. The summed E-state index contributed by atoms with van der Waals surface area (Å²) in [7, 11) is 0. The fourth-order valence-corrected chi connectivity index (χ4v) is 6.94. The number of hydrogen-bond donors (Lipinski definition) is 1. The number of rotatable bonds is 3. The van der Waals surface area contributed by atoms with E-state index in [-0.39, 0.29) is 16.7 Å². The molecule has 7 rings (SSSR count). The van der Waals surface area contributed by atoms with Gasteiger partial charge in [0.25, 0.3) is 0 Å². The standard InChI is InChI=1S/C28H29FN4O2/c1-4-23(35)33-14-28(15-33)7-8-32(13-28)26-19(12-30)24(16-5-6-21(29)22(34)9-16)18-10-17-11-20(25(18)31-26)27(17,2)3/h4-6,9,17,20,34H,1,7-8,10-11,13-15H2,2-3H3/t17-,20-/m0/s1. The number of hydrogen-bond acceptors (Lipinski definition) is 5. The summed E-state index contributed by atoms with van der Waals surface area (Å²) in [5.74, 6) is 0.378. The second-order valence-corrected chi connectivity index (χ2v) is 11.4. The number of phenolic OH excluding ortho intramolecular Hbond substituents is 1. The Morgan fingerprint density at radius 3 is 2.77 bits per heavy atom. The van der Waals surface area contributed by atoms with Crippen LogP contribution in [0.15, 0.2) is 30.9 Å². The van der Waals surface area contributed by atoms with Crippen molar-refractivity contribution in [1.29, 1.82) is 5.26 Å². The SMILES string of the molecule is C=CC(=O)N1CC2(CCN(c3nc4c(c(-c5ccc(F)c(O)c5)c3C#N)C[C@H]3C[C@@H]4C3(C)C)C2)C1. The monoisotopic (exact) mass is 472 g/mol. The van der Waals surface area contributed by atoms with Gasteiger partial charge in [0.2, 0.25) is 5.91 Å². The van der Waals surface area contributed by atoms with Crippen LogP contribution >= 0.6 is 0 Å². The largest absolute Gasteiger partial charge is 0.505 e. The van der Waals surface area contributed by atoms with E-state index in [0.717, 1.165) is 49.2 Å². The number of carbonyl (C=O) groups excluding carboxylic acids is 1. The van der Waals surface area contributed by atoms with Crippen molar-refractivity contribution in [1.82, 2.24) is 9.88 Å². The smallest absolute Gasteiger partial charge is 0.245 e. The first-order valence-electron chi connectivity index (χ1n) is 12.3. The molecule has 3 aliphatic carbocycles. The van der Waals surface area contributed by atoms with Gasteiger partial charge in [-0.1, -0.05) is 26.5 Å². The van der Waals surface area contributed by atoms with E-state index in [1.54, 1.807) is 6.07 Å². The third kappa shape index (κ3) is 3.05. The van der Waals surface area contributed by atoms with Crippen molar-refractivity contribution in [3.8, 4) is 22.9 Å². The van der Waals surface area contributed by atoms with Crippen LogP contribution in [0, 0.1) is 33.9 Å². The molecule has 1 saturated carbocycles. The van der Waals surface area contributed by atoms with E-state index in [0.29, 0.717) is 41.9 Å². The number of anilines is 1. The summed E-state index contributed by atoms with van der Waals surface area (Å²) in [6, 6.07) is 6.75. The normalized spacial score (nSPS) is 24.9. The lowest BCUT2D eigenvalue weighted by atomic mass is 9.48. The molecule has 2 bridgehead atoms. The maximum Gasteiger partial charge on any atom is 0.245 e. The van der Waals surface area contributed by atoms with E-state index in [9.17, 15) is 19.6 Å². The molecule has 1 N–H and O–H groups in total. The predicted molar refractivity (Wildman–Crippen MR) is 130 cm³/mol. The van der Waals surface area contributed by atoms with Crippen molar-refractivity contribution >= 4 is 11.7 Å². The summed E-state index contributed by atoms with van der Waals surface area (Å²) in [5.41, 5.74) is 4.20. The highest BCUT2D eigenvalue weighted by Gasteiger charge is 2.55. The minimum absolute atomic E-state index is 0.0120. The van der Waals surface area contributed by atoms with Crippen molar-refractivity contribution in [2.75, 3.05) is 31.1 Å². The van der Waals surface area contributed by atoms with E-state index in [1.165, 1.54) is 18.2 Å². The molecule has 1 aromatic heterocycles. The number of aromatic nitrogens is 1. The average molecular weight is 473 g/mol. The van der Waals surface area contributed by atoms with Gasteiger partial charge < -0.3 is 14.9 Å². The Morgan fingerprint density at radius 2 is 2.11 bits per heavy atom. The Kier molecular flexibility index (Phi) is 4.61. The first kappa shape index (κ1) is 22.1. The second-order valence-electron chi connectivity index (χ2n) is 11.4. The van der Waals surface area contributed by atoms with Gasteiger partial charge in [-0.3, -0.25) is 4.79 Å². The molecule has 2 aliphatic heterocycles. The average Bonchev–Trinajstić information content (AvgIpc) is 3.28. The summed E-state index contributed by atoms with van der Waals surface area (Å²) < 4.78 is 13.9. The zero-order chi connectivity index (χ0) is 24.7. The first-order valence-corrected chi connectivity index (χ1v) is 12.3. The summed E-state index contributed by atoms with van der Waals surface area (Å²) in [4.78, 5) is 21.2. The Labute approximate surface area is 204 Å². The van der Waals surface area contributed by atoms with E-state index in [2.05, 4.69) is 31.4 Å². The quantitative estimate of drug-likeness (QED) is 0.671. The fraction of sp³-hybridized carbons (Fsp3) is 0.464. The molecule has 2 aromatic rings. The van der Waals surface area contributed by atoms with Crippen LogP contribution in [0.25, 0.3) is 11.1 Å². The lowest BCUT2D eigenvalue weighted by Crippen LogP contribution is -2.59. The first-order chi connectivity index (χ1) is 16.7. The highest BCUT2D eigenvalue weighted by molar-refractivity contribution is 5.88. The summed E-state index contributed by atoms with van der Waals surface area (Å²) in [6.45, 7) is 11.1. The molecule has 2 saturated heterocycles. The highest BCUT2D eigenvalue weighted by Crippen LogP contribution is 2.63. The van der Waals surface area contributed by atoms with Gasteiger partial charge in [0.05, 0.1) is 5.69 Å². The number of nitrogens with zero attached hydrogens (tertiary/aromatic N) is 4. The van der Waals surface area contributed by atoms with Crippen LogP contribution in [-0.2, 0) is 11.2 Å². The number of carbonyl (C=O) groups is 1. The van der Waals surface area contributed by atoms with Gasteiger partial charge in [-0.25, -0.2) is 9.37 Å². The predicted octanol–water partition coefficient (Wildman–Crippen LogP) is 4.38. The zero-order valence-electron chi connectivity index (χ0n) is 20.1. The molecular formula is C28H29FN4O2. The fourth-order valence-electron chi connectivity index (χ4n) is 6.94. The number of aromatic hydroxyl groups is 1. The topological polar surface area (TPSA) is 80.5 Å². The van der Waals surface area contributed by atoms with Crippen LogP contribution in [-0.4, -0.2) is 47.1 Å². The number of nitriles is 1. The molecular weight excluding hydrogens is 443 g/mol. The Balaban J connectivity index is 1.46. The molecule has 2 atom stereocenters. The van der Waals surface area contributed by atoms with Crippen LogP contribution in [0.4, 0.5) is 10.2 Å². The van der Waals surface area contributed by atoms with E-state index in [4.69, 9.17) is 4.98 Å². The van der Waals surface area contributed by atoms with Gasteiger partial charge in [-0.05, 0) is 59.9 Å². The molecule has 0 radical (unpaired) electrons. The minimum Gasteiger partial charge on any atom is -0.505 e. The molecule has 1 aromatic carbocycles. The number of benzene rings is 1. The van der Waals surface area contributed by atoms with Gasteiger partial charge in [-0.2, -0.15) is 5.26 Å². The molecule has 0 unspecified atom stereocenters. The third-order valence-electron chi connectivity index (χ3n) is 9.19. The van der Waals surface area contributed by atoms with Gasteiger partial charge in [0, 0.05) is 43.1 Å². The zero-order valence-corrected chi connectivity index (χ0v) is 20.1. The lowest BCUT2D eigenvalue weighted by molar-refractivity contribution is -0.136. The Morgan fingerprint density at radius 1 is 1.34 bits per heavy atom. The van der Waals surface area contributed by atoms with Gasteiger partial charge >= 0.3 is 0 Å².